The Morgan fingerprint density at radius 3 is 2.65 bits per heavy atom. The van der Waals surface area contributed by atoms with Crippen LogP contribution in [0.15, 0.2) is 24.3 Å². The normalized spacial score (nSPS) is 31.1. The fourth-order valence-corrected chi connectivity index (χ4v) is 3.40. The molecule has 0 saturated heterocycles. The summed E-state index contributed by atoms with van der Waals surface area (Å²) >= 11 is 0. The molecule has 20 heavy (non-hydrogen) atoms. The van der Waals surface area contributed by atoms with Gasteiger partial charge in [0, 0.05) is 17.9 Å². The number of nitrogens with two attached hydrogens (primary N) is 1. The van der Waals surface area contributed by atoms with Crippen LogP contribution < -0.4 is 10.5 Å². The summed E-state index contributed by atoms with van der Waals surface area (Å²) in [6.07, 6.45) is 1.20. The highest BCUT2D eigenvalue weighted by atomic mass is 16.5. The van der Waals surface area contributed by atoms with Crippen molar-refractivity contribution in [2.24, 2.45) is 11.7 Å². The summed E-state index contributed by atoms with van der Waals surface area (Å²) < 4.78 is 5.23. The van der Waals surface area contributed by atoms with Crippen molar-refractivity contribution < 1.29 is 14.9 Å². The first kappa shape index (κ1) is 15.3. The molecule has 3 atom stereocenters. The van der Waals surface area contributed by atoms with E-state index in [2.05, 4.69) is 0 Å². The third-order valence-electron chi connectivity index (χ3n) is 4.38. The van der Waals surface area contributed by atoms with Gasteiger partial charge in [0.05, 0.1) is 18.8 Å². The summed E-state index contributed by atoms with van der Waals surface area (Å²) in [5, 5.41) is 21.2. The van der Waals surface area contributed by atoms with Gasteiger partial charge >= 0.3 is 0 Å². The molecule has 1 fully saturated rings. The second-order valence-corrected chi connectivity index (χ2v) is 6.47. The quantitative estimate of drug-likeness (QED) is 0.788. The van der Waals surface area contributed by atoms with Crippen molar-refractivity contribution in [2.75, 3.05) is 7.11 Å². The van der Waals surface area contributed by atoms with E-state index in [9.17, 15) is 10.2 Å². The van der Waals surface area contributed by atoms with Crippen LogP contribution in [0.3, 0.4) is 0 Å². The maximum absolute atomic E-state index is 11.2. The first-order chi connectivity index (χ1) is 9.27. The van der Waals surface area contributed by atoms with Gasteiger partial charge < -0.3 is 20.7 Å². The Hall–Kier alpha value is -1.10. The number of benzene rings is 1. The standard InChI is InChI=1S/C16H25NO3/c1-15(2,17)14-8-7-12(18)10-16(14,19)11-5-4-6-13(9-11)20-3/h4-6,9,12,14,18-19H,7-8,10,17H2,1-3H3/t12-,14+,16-/m1/s1. The molecule has 2 rings (SSSR count). The molecule has 112 valence electrons. The Kier molecular flexibility index (Phi) is 4.09. The highest BCUT2D eigenvalue weighted by molar-refractivity contribution is 5.34. The van der Waals surface area contributed by atoms with E-state index in [0.717, 1.165) is 5.56 Å². The molecule has 0 spiro atoms. The number of hydrogen-bond donors (Lipinski definition) is 3. The Morgan fingerprint density at radius 1 is 1.35 bits per heavy atom. The van der Waals surface area contributed by atoms with Gasteiger partial charge in [-0.3, -0.25) is 0 Å². The molecule has 0 aromatic heterocycles. The summed E-state index contributed by atoms with van der Waals surface area (Å²) in [4.78, 5) is 0. The minimum absolute atomic E-state index is 0.106. The van der Waals surface area contributed by atoms with Crippen LogP contribution in [0.4, 0.5) is 0 Å². The van der Waals surface area contributed by atoms with Gasteiger partial charge in [-0.15, -0.1) is 0 Å². The lowest BCUT2D eigenvalue weighted by Crippen LogP contribution is -2.55. The summed E-state index contributed by atoms with van der Waals surface area (Å²) in [5.74, 6) is 0.593. The molecule has 4 nitrogen and oxygen atoms in total. The summed E-state index contributed by atoms with van der Waals surface area (Å²) in [5.41, 5.74) is 5.39. The fourth-order valence-electron chi connectivity index (χ4n) is 3.40. The van der Waals surface area contributed by atoms with Gasteiger partial charge in [0.25, 0.3) is 0 Å². The summed E-state index contributed by atoms with van der Waals surface area (Å²) in [6, 6.07) is 7.40. The van der Waals surface area contributed by atoms with Gasteiger partial charge in [-0.25, -0.2) is 0 Å². The van der Waals surface area contributed by atoms with Crippen LogP contribution >= 0.6 is 0 Å². The molecule has 1 aromatic rings. The number of hydrogen-bond acceptors (Lipinski definition) is 4. The number of aliphatic hydroxyl groups is 2. The molecule has 0 amide bonds. The predicted molar refractivity (Wildman–Crippen MR) is 78.5 cm³/mol. The van der Waals surface area contributed by atoms with Gasteiger partial charge in [0.15, 0.2) is 0 Å². The molecule has 0 bridgehead atoms. The zero-order valence-electron chi connectivity index (χ0n) is 12.5. The minimum Gasteiger partial charge on any atom is -0.497 e. The molecule has 1 aromatic carbocycles. The predicted octanol–water partition coefficient (Wildman–Crippen LogP) is 1.78. The molecule has 0 radical (unpaired) electrons. The van der Waals surface area contributed by atoms with E-state index in [0.29, 0.717) is 25.0 Å². The summed E-state index contributed by atoms with van der Waals surface area (Å²) in [6.45, 7) is 3.86. The van der Waals surface area contributed by atoms with Crippen LogP contribution in [0.2, 0.25) is 0 Å². The van der Waals surface area contributed by atoms with Crippen LogP contribution in [-0.2, 0) is 5.60 Å². The van der Waals surface area contributed by atoms with Gasteiger partial charge in [0.2, 0.25) is 0 Å². The van der Waals surface area contributed by atoms with Crippen LogP contribution in [-0.4, -0.2) is 29.0 Å². The Morgan fingerprint density at radius 2 is 2.05 bits per heavy atom. The van der Waals surface area contributed by atoms with Crippen LogP contribution in [0.25, 0.3) is 0 Å². The summed E-state index contributed by atoms with van der Waals surface area (Å²) in [7, 11) is 1.60. The third kappa shape index (κ3) is 2.82. The lowest BCUT2D eigenvalue weighted by Gasteiger charge is -2.48. The Balaban J connectivity index is 2.45. The van der Waals surface area contributed by atoms with Crippen LogP contribution in [0.5, 0.6) is 5.75 Å². The SMILES string of the molecule is COc1cccc([C@]2(O)C[C@H](O)CC[C@H]2C(C)(C)N)c1. The Bertz CT molecular complexity index is 469. The maximum Gasteiger partial charge on any atom is 0.119 e. The monoisotopic (exact) mass is 279 g/mol. The molecule has 0 heterocycles. The average Bonchev–Trinajstić information content (AvgIpc) is 2.37. The van der Waals surface area contributed by atoms with E-state index in [1.54, 1.807) is 7.11 Å². The third-order valence-corrected chi connectivity index (χ3v) is 4.38. The second kappa shape index (κ2) is 5.35. The number of aliphatic hydroxyl groups excluding tert-OH is 1. The van der Waals surface area contributed by atoms with Gasteiger partial charge in [-0.2, -0.15) is 0 Å². The molecular formula is C16H25NO3. The molecule has 1 aliphatic rings. The average molecular weight is 279 g/mol. The number of ether oxygens (including phenoxy) is 1. The highest BCUT2D eigenvalue weighted by Crippen LogP contribution is 2.46. The van der Waals surface area contributed by atoms with Crippen molar-refractivity contribution in [3.05, 3.63) is 29.8 Å². The van der Waals surface area contributed by atoms with E-state index >= 15 is 0 Å². The minimum atomic E-state index is -1.12. The fraction of sp³-hybridized carbons (Fsp3) is 0.625. The number of methoxy groups -OCH3 is 1. The van der Waals surface area contributed by atoms with Crippen molar-refractivity contribution in [1.29, 1.82) is 0 Å². The van der Waals surface area contributed by atoms with Crippen LogP contribution in [0, 0.1) is 5.92 Å². The maximum atomic E-state index is 11.2. The zero-order valence-corrected chi connectivity index (χ0v) is 12.5. The van der Waals surface area contributed by atoms with Gasteiger partial charge in [-0.05, 0) is 44.4 Å². The first-order valence-electron chi connectivity index (χ1n) is 7.11. The van der Waals surface area contributed by atoms with Crippen molar-refractivity contribution >= 4 is 0 Å². The van der Waals surface area contributed by atoms with Crippen molar-refractivity contribution in [1.82, 2.24) is 0 Å². The molecule has 0 aliphatic heterocycles. The lowest BCUT2D eigenvalue weighted by atomic mass is 9.64. The van der Waals surface area contributed by atoms with E-state index in [4.69, 9.17) is 10.5 Å². The van der Waals surface area contributed by atoms with E-state index in [-0.39, 0.29) is 5.92 Å². The van der Waals surface area contributed by atoms with E-state index < -0.39 is 17.2 Å². The largest absolute Gasteiger partial charge is 0.497 e. The Labute approximate surface area is 120 Å². The van der Waals surface area contributed by atoms with Gasteiger partial charge in [0.1, 0.15) is 5.75 Å². The highest BCUT2D eigenvalue weighted by Gasteiger charge is 2.48. The molecule has 4 N–H and O–H groups in total. The van der Waals surface area contributed by atoms with Crippen molar-refractivity contribution in [3.8, 4) is 5.75 Å². The molecule has 1 saturated carbocycles. The lowest BCUT2D eigenvalue weighted by molar-refractivity contribution is -0.113. The van der Waals surface area contributed by atoms with Gasteiger partial charge in [-0.1, -0.05) is 12.1 Å². The second-order valence-electron chi connectivity index (χ2n) is 6.47. The van der Waals surface area contributed by atoms with E-state index in [1.807, 2.05) is 38.1 Å². The molecule has 1 aliphatic carbocycles. The smallest absolute Gasteiger partial charge is 0.119 e. The van der Waals surface area contributed by atoms with E-state index in [1.165, 1.54) is 0 Å². The topological polar surface area (TPSA) is 75.7 Å². The number of rotatable bonds is 3. The van der Waals surface area contributed by atoms with Crippen molar-refractivity contribution in [3.63, 3.8) is 0 Å². The first-order valence-corrected chi connectivity index (χ1v) is 7.11. The molecular weight excluding hydrogens is 254 g/mol. The van der Waals surface area contributed by atoms with Crippen LogP contribution in [0.1, 0.15) is 38.7 Å². The molecule has 0 unspecified atom stereocenters. The molecule has 4 heteroatoms. The zero-order chi connectivity index (χ0) is 15.0. The van der Waals surface area contributed by atoms with Crippen molar-refractivity contribution in [2.45, 2.75) is 50.4 Å².